The van der Waals surface area contributed by atoms with Crippen LogP contribution < -0.4 is 10.1 Å². The van der Waals surface area contributed by atoms with E-state index in [0.717, 1.165) is 22.6 Å². The van der Waals surface area contributed by atoms with Crippen molar-refractivity contribution >= 4 is 5.91 Å². The van der Waals surface area contributed by atoms with Gasteiger partial charge < -0.3 is 10.1 Å². The minimum Gasteiger partial charge on any atom is -0.497 e. The zero-order chi connectivity index (χ0) is 18.5. The summed E-state index contributed by atoms with van der Waals surface area (Å²) in [5, 5.41) is 7.62. The van der Waals surface area contributed by atoms with E-state index in [-0.39, 0.29) is 11.9 Å². The third kappa shape index (κ3) is 3.77. The summed E-state index contributed by atoms with van der Waals surface area (Å²) in [6.45, 7) is 4.57. The summed E-state index contributed by atoms with van der Waals surface area (Å²) in [5.41, 5.74) is 3.34. The number of methoxy groups -OCH3 is 1. The van der Waals surface area contributed by atoms with Gasteiger partial charge in [-0.3, -0.25) is 9.48 Å². The molecule has 5 heteroatoms. The normalized spacial score (nSPS) is 11.8. The lowest BCUT2D eigenvalue weighted by Gasteiger charge is -2.14. The molecule has 0 fully saturated rings. The molecule has 0 aliphatic carbocycles. The minimum atomic E-state index is -0.129. The second kappa shape index (κ2) is 7.87. The van der Waals surface area contributed by atoms with Crippen LogP contribution in [0.5, 0.6) is 5.75 Å². The van der Waals surface area contributed by atoms with Crippen LogP contribution in [0.4, 0.5) is 0 Å². The number of hydrogen-bond acceptors (Lipinski definition) is 3. The van der Waals surface area contributed by atoms with Gasteiger partial charge in [-0.1, -0.05) is 30.3 Å². The summed E-state index contributed by atoms with van der Waals surface area (Å²) in [6, 6.07) is 19.3. The summed E-state index contributed by atoms with van der Waals surface area (Å²) < 4.78 is 6.92. The highest BCUT2D eigenvalue weighted by molar-refractivity contribution is 5.94. The molecule has 26 heavy (non-hydrogen) atoms. The lowest BCUT2D eigenvalue weighted by atomic mass is 10.1. The number of aromatic nitrogens is 2. The summed E-state index contributed by atoms with van der Waals surface area (Å²) in [5.74, 6) is 0.661. The van der Waals surface area contributed by atoms with Crippen LogP contribution in [0.25, 0.3) is 11.3 Å². The molecule has 3 aromatic rings. The highest BCUT2D eigenvalue weighted by atomic mass is 16.5. The predicted molar refractivity (Wildman–Crippen MR) is 102 cm³/mol. The molecular formula is C21H23N3O2. The van der Waals surface area contributed by atoms with Gasteiger partial charge in [0.05, 0.1) is 18.8 Å². The average molecular weight is 349 g/mol. The molecule has 5 nitrogen and oxygen atoms in total. The van der Waals surface area contributed by atoms with E-state index < -0.39 is 0 Å². The summed E-state index contributed by atoms with van der Waals surface area (Å²) in [6.07, 6.45) is 0. The van der Waals surface area contributed by atoms with Crippen molar-refractivity contribution in [3.8, 4) is 17.0 Å². The van der Waals surface area contributed by atoms with Gasteiger partial charge in [0.2, 0.25) is 0 Å². The zero-order valence-corrected chi connectivity index (χ0v) is 15.3. The molecule has 3 rings (SSSR count). The van der Waals surface area contributed by atoms with Crippen LogP contribution in [0.3, 0.4) is 0 Å². The van der Waals surface area contributed by atoms with Gasteiger partial charge in [-0.2, -0.15) is 5.10 Å². The van der Waals surface area contributed by atoms with E-state index in [1.807, 2.05) is 74.5 Å². The van der Waals surface area contributed by atoms with Crippen LogP contribution in [0.1, 0.15) is 35.9 Å². The van der Waals surface area contributed by atoms with Crippen molar-refractivity contribution in [2.45, 2.75) is 26.4 Å². The Bertz CT molecular complexity index is 870. The quantitative estimate of drug-likeness (QED) is 0.730. The van der Waals surface area contributed by atoms with Crippen molar-refractivity contribution in [1.82, 2.24) is 15.1 Å². The van der Waals surface area contributed by atoms with Gasteiger partial charge in [0.1, 0.15) is 11.4 Å². The van der Waals surface area contributed by atoms with E-state index in [2.05, 4.69) is 10.4 Å². The van der Waals surface area contributed by atoms with E-state index in [4.69, 9.17) is 4.74 Å². The number of aryl methyl sites for hydroxylation is 1. The van der Waals surface area contributed by atoms with Gasteiger partial charge in [-0.25, -0.2) is 0 Å². The van der Waals surface area contributed by atoms with Crippen LogP contribution in [0.15, 0.2) is 60.7 Å². The molecular weight excluding hydrogens is 326 g/mol. The van der Waals surface area contributed by atoms with Gasteiger partial charge in [0.15, 0.2) is 0 Å². The topological polar surface area (TPSA) is 56.2 Å². The summed E-state index contributed by atoms with van der Waals surface area (Å²) >= 11 is 0. The molecule has 1 aromatic heterocycles. The smallest absolute Gasteiger partial charge is 0.270 e. The number of carbonyl (C=O) groups is 1. The third-order valence-corrected chi connectivity index (χ3v) is 4.35. The molecule has 1 heterocycles. The Hall–Kier alpha value is -3.08. The van der Waals surface area contributed by atoms with Crippen molar-refractivity contribution in [1.29, 1.82) is 0 Å². The molecule has 0 aliphatic rings. The van der Waals surface area contributed by atoms with Gasteiger partial charge in [0.25, 0.3) is 5.91 Å². The Morgan fingerprint density at radius 2 is 1.85 bits per heavy atom. The van der Waals surface area contributed by atoms with E-state index in [9.17, 15) is 4.79 Å². The lowest BCUT2D eigenvalue weighted by Crippen LogP contribution is -2.28. The van der Waals surface area contributed by atoms with E-state index >= 15 is 0 Å². The average Bonchev–Trinajstić information content (AvgIpc) is 3.13. The molecule has 0 aliphatic heterocycles. The highest BCUT2D eigenvalue weighted by Crippen LogP contribution is 2.23. The summed E-state index contributed by atoms with van der Waals surface area (Å²) in [4.78, 5) is 12.8. The van der Waals surface area contributed by atoms with Crippen molar-refractivity contribution in [2.24, 2.45) is 0 Å². The van der Waals surface area contributed by atoms with E-state index in [1.54, 1.807) is 11.8 Å². The first-order valence-corrected chi connectivity index (χ1v) is 8.70. The number of benzene rings is 2. The lowest BCUT2D eigenvalue weighted by molar-refractivity contribution is 0.0929. The molecule has 1 amide bonds. The van der Waals surface area contributed by atoms with Crippen molar-refractivity contribution in [3.63, 3.8) is 0 Å². The van der Waals surface area contributed by atoms with Crippen LogP contribution >= 0.6 is 0 Å². The van der Waals surface area contributed by atoms with E-state index in [0.29, 0.717) is 12.2 Å². The molecule has 0 saturated carbocycles. The van der Waals surface area contributed by atoms with Crippen LogP contribution in [-0.2, 0) is 6.54 Å². The van der Waals surface area contributed by atoms with Gasteiger partial charge in [-0.15, -0.1) is 0 Å². The molecule has 0 bridgehead atoms. The number of nitrogens with one attached hydrogen (secondary N) is 1. The van der Waals surface area contributed by atoms with E-state index in [1.165, 1.54) is 0 Å². The molecule has 2 aromatic carbocycles. The highest BCUT2D eigenvalue weighted by Gasteiger charge is 2.18. The number of rotatable bonds is 6. The van der Waals surface area contributed by atoms with Crippen molar-refractivity contribution in [2.75, 3.05) is 7.11 Å². The maximum Gasteiger partial charge on any atom is 0.270 e. The Labute approximate surface area is 153 Å². The minimum absolute atomic E-state index is 0.0756. The molecule has 0 unspecified atom stereocenters. The first-order valence-electron chi connectivity index (χ1n) is 8.70. The van der Waals surface area contributed by atoms with Crippen molar-refractivity contribution in [3.05, 3.63) is 71.9 Å². The zero-order valence-electron chi connectivity index (χ0n) is 15.3. The van der Waals surface area contributed by atoms with Crippen LogP contribution in [0.2, 0.25) is 0 Å². The number of ether oxygens (including phenoxy) is 1. The maximum absolute atomic E-state index is 12.8. The monoisotopic (exact) mass is 349 g/mol. The van der Waals surface area contributed by atoms with Gasteiger partial charge in [0, 0.05) is 12.1 Å². The number of amides is 1. The second-order valence-electron chi connectivity index (χ2n) is 6.06. The van der Waals surface area contributed by atoms with Crippen LogP contribution in [-0.4, -0.2) is 22.8 Å². The second-order valence-corrected chi connectivity index (χ2v) is 6.06. The first-order chi connectivity index (χ1) is 12.6. The van der Waals surface area contributed by atoms with Gasteiger partial charge >= 0.3 is 0 Å². The molecule has 134 valence electrons. The number of carbonyl (C=O) groups excluding carboxylic acids is 1. The third-order valence-electron chi connectivity index (χ3n) is 4.35. The predicted octanol–water partition coefficient (Wildman–Crippen LogP) is 4.07. The fourth-order valence-corrected chi connectivity index (χ4v) is 2.84. The van der Waals surface area contributed by atoms with Crippen LogP contribution in [0, 0.1) is 0 Å². The fraction of sp³-hybridized carbons (Fsp3) is 0.238. The number of hydrogen-bond donors (Lipinski definition) is 1. The van der Waals surface area contributed by atoms with Crippen molar-refractivity contribution < 1.29 is 9.53 Å². The first kappa shape index (κ1) is 17.7. The Kier molecular flexibility index (Phi) is 5.37. The molecule has 0 radical (unpaired) electrons. The Balaban J connectivity index is 1.82. The Morgan fingerprint density at radius 1 is 1.15 bits per heavy atom. The summed E-state index contributed by atoms with van der Waals surface area (Å²) in [7, 11) is 1.64. The largest absolute Gasteiger partial charge is 0.497 e. The number of nitrogens with zero attached hydrogens (tertiary/aromatic N) is 2. The standard InChI is InChI=1S/C21H23N3O2/c1-4-24-20(21(25)22-15(2)16-8-6-5-7-9-16)14-19(23-24)17-10-12-18(26-3)13-11-17/h5-15H,4H2,1-3H3,(H,22,25)/t15-/m1/s1. The molecule has 0 saturated heterocycles. The Morgan fingerprint density at radius 3 is 2.46 bits per heavy atom. The molecule has 1 atom stereocenters. The molecule has 0 spiro atoms. The molecule has 1 N–H and O–H groups in total. The maximum atomic E-state index is 12.8. The fourth-order valence-electron chi connectivity index (χ4n) is 2.84. The SMILES string of the molecule is CCn1nc(-c2ccc(OC)cc2)cc1C(=O)N[C@H](C)c1ccccc1. The van der Waals surface area contributed by atoms with Gasteiger partial charge in [-0.05, 0) is 49.7 Å².